The molecule has 3 aromatic carbocycles. The molecule has 1 radical (unpaired) electrons. The molecule has 1 N–H and O–H groups in total. The lowest BCUT2D eigenvalue weighted by atomic mass is 9.82. The molecule has 0 saturated carbocycles. The van der Waals surface area contributed by atoms with Crippen LogP contribution in [-0.4, -0.2) is 23.8 Å². The fourth-order valence-electron chi connectivity index (χ4n) is 2.99. The molecule has 0 saturated heterocycles. The number of halogens is 1. The monoisotopic (exact) mass is 379 g/mol. The minimum atomic E-state index is -0.999. The molecule has 0 spiro atoms. The Bertz CT molecular complexity index is 1160. The molecule has 1 aromatic heterocycles. The van der Waals surface area contributed by atoms with Gasteiger partial charge in [0.25, 0.3) is 0 Å². The first-order valence-electron chi connectivity index (χ1n) is 8.94. The number of aliphatic hydroxyl groups is 1. The third-order valence-electron chi connectivity index (χ3n) is 5.43. The maximum atomic E-state index is 10.3. The molecule has 0 amide bonds. The van der Waals surface area contributed by atoms with Gasteiger partial charge in [0, 0.05) is 21.2 Å². The van der Waals surface area contributed by atoms with Gasteiger partial charge in [-0.05, 0) is 50.7 Å². The molecular weight excluding hydrogens is 359 g/mol. The van der Waals surface area contributed by atoms with Crippen molar-refractivity contribution < 1.29 is 14.2 Å². The van der Waals surface area contributed by atoms with Gasteiger partial charge in [0.15, 0.2) is 0 Å². The fraction of sp³-hybridized carbons (Fsp3) is 0.273. The smallest absolute Gasteiger partial charge is 0.332 e. The summed E-state index contributed by atoms with van der Waals surface area (Å²) in [6, 6.07) is 16.1. The van der Waals surface area contributed by atoms with Crippen LogP contribution in [0.3, 0.4) is 0 Å². The third-order valence-corrected chi connectivity index (χ3v) is 5.76. The Morgan fingerprint density at radius 3 is 2.44 bits per heavy atom. The summed E-state index contributed by atoms with van der Waals surface area (Å²) >= 11 is 6.46. The first-order chi connectivity index (χ1) is 12.7. The zero-order chi connectivity index (χ0) is 19.4. The van der Waals surface area contributed by atoms with E-state index in [9.17, 15) is 5.11 Å². The third kappa shape index (κ3) is 3.12. The summed E-state index contributed by atoms with van der Waals surface area (Å²) in [4.78, 5) is 0. The summed E-state index contributed by atoms with van der Waals surface area (Å²) in [6.07, 6.45) is 0. The summed E-state index contributed by atoms with van der Waals surface area (Å²) < 4.78 is 12.0. The molecule has 4 aromatic rings. The number of fused-ring (bicyclic) bond motifs is 5. The molecule has 137 valence electrons. The van der Waals surface area contributed by atoms with E-state index in [-0.39, 0.29) is 0 Å². The van der Waals surface area contributed by atoms with Crippen LogP contribution in [0.5, 0.6) is 0 Å². The van der Waals surface area contributed by atoms with Gasteiger partial charge < -0.3 is 14.2 Å². The molecule has 0 fully saturated rings. The van der Waals surface area contributed by atoms with Gasteiger partial charge in [0.05, 0.1) is 11.2 Å². The maximum absolute atomic E-state index is 10.3. The Kier molecular flexibility index (Phi) is 4.26. The van der Waals surface area contributed by atoms with Gasteiger partial charge >= 0.3 is 7.48 Å². The van der Waals surface area contributed by atoms with E-state index in [4.69, 9.17) is 20.7 Å². The zero-order valence-corrected chi connectivity index (χ0v) is 16.6. The van der Waals surface area contributed by atoms with Crippen LogP contribution in [0, 0.1) is 0 Å². The van der Waals surface area contributed by atoms with Gasteiger partial charge in [-0.3, -0.25) is 0 Å². The lowest BCUT2D eigenvalue weighted by Crippen LogP contribution is -2.49. The van der Waals surface area contributed by atoms with Crippen LogP contribution >= 0.6 is 11.6 Å². The fourth-order valence-corrected chi connectivity index (χ4v) is 3.19. The van der Waals surface area contributed by atoms with Crippen molar-refractivity contribution in [1.29, 1.82) is 0 Å². The molecule has 0 aliphatic heterocycles. The van der Waals surface area contributed by atoms with E-state index in [1.807, 2.05) is 38.1 Å². The molecule has 1 heterocycles. The highest BCUT2D eigenvalue weighted by Gasteiger charge is 2.36. The minimum absolute atomic E-state index is 0.539. The highest BCUT2D eigenvalue weighted by Crippen LogP contribution is 2.34. The van der Waals surface area contributed by atoms with E-state index in [0.717, 1.165) is 38.2 Å². The minimum Gasteiger partial charge on any atom is -0.455 e. The number of furan rings is 1. The van der Waals surface area contributed by atoms with Crippen molar-refractivity contribution in [1.82, 2.24) is 0 Å². The van der Waals surface area contributed by atoms with Crippen molar-refractivity contribution in [3.05, 3.63) is 53.6 Å². The summed E-state index contributed by atoms with van der Waals surface area (Å²) in [6.45, 7) is 7.13. The predicted octanol–water partition coefficient (Wildman–Crippen LogP) is 5.20. The van der Waals surface area contributed by atoms with Crippen LogP contribution in [0.4, 0.5) is 0 Å². The zero-order valence-electron chi connectivity index (χ0n) is 15.8. The average molecular weight is 380 g/mol. The number of benzene rings is 3. The molecule has 0 bridgehead atoms. The first kappa shape index (κ1) is 18.4. The summed E-state index contributed by atoms with van der Waals surface area (Å²) in [7, 11) is 1.61. The molecule has 3 nitrogen and oxygen atoms in total. The molecule has 4 rings (SSSR count). The van der Waals surface area contributed by atoms with E-state index >= 15 is 0 Å². The largest absolute Gasteiger partial charge is 0.455 e. The predicted molar refractivity (Wildman–Crippen MR) is 113 cm³/mol. The van der Waals surface area contributed by atoms with Crippen LogP contribution in [0.2, 0.25) is 5.02 Å². The summed E-state index contributed by atoms with van der Waals surface area (Å²) in [5.74, 6) is 0. The average Bonchev–Trinajstić information content (AvgIpc) is 2.96. The van der Waals surface area contributed by atoms with Gasteiger partial charge in [0.2, 0.25) is 0 Å². The van der Waals surface area contributed by atoms with Gasteiger partial charge in [-0.1, -0.05) is 48.0 Å². The van der Waals surface area contributed by atoms with E-state index < -0.39 is 11.2 Å². The number of hydrogen-bond acceptors (Lipinski definition) is 3. The van der Waals surface area contributed by atoms with E-state index in [1.54, 1.807) is 21.3 Å². The van der Waals surface area contributed by atoms with Crippen LogP contribution in [0.25, 0.3) is 32.7 Å². The molecular formula is C22H21BClO3. The Hall–Kier alpha value is -2.01. The maximum Gasteiger partial charge on any atom is 0.332 e. The molecule has 27 heavy (non-hydrogen) atoms. The van der Waals surface area contributed by atoms with Crippen molar-refractivity contribution in [3.8, 4) is 0 Å². The lowest BCUT2D eigenvalue weighted by Gasteiger charge is -2.37. The van der Waals surface area contributed by atoms with Crippen molar-refractivity contribution in [2.75, 3.05) is 0 Å². The number of hydrogen-bond donors (Lipinski definition) is 1. The molecule has 0 atom stereocenters. The highest BCUT2D eigenvalue weighted by molar-refractivity contribution is 6.54. The molecule has 0 unspecified atom stereocenters. The summed E-state index contributed by atoms with van der Waals surface area (Å²) in [5.41, 5.74) is 0.582. The van der Waals surface area contributed by atoms with Gasteiger partial charge in [0.1, 0.15) is 11.2 Å². The Labute approximate surface area is 164 Å². The van der Waals surface area contributed by atoms with E-state index in [2.05, 4.69) is 24.3 Å². The second-order valence-electron chi connectivity index (χ2n) is 7.94. The Balaban J connectivity index is 1.81. The van der Waals surface area contributed by atoms with Crippen LogP contribution < -0.4 is 5.46 Å². The Morgan fingerprint density at radius 2 is 1.70 bits per heavy atom. The lowest BCUT2D eigenvalue weighted by molar-refractivity contribution is -0.0893. The SMILES string of the molecule is CC(C)(O)C(C)(C)O[B]c1cc2c(cc1Cl)oc1c3ccccc3ccc21. The quantitative estimate of drug-likeness (QED) is 0.495. The molecule has 0 aliphatic carbocycles. The second kappa shape index (κ2) is 6.27. The van der Waals surface area contributed by atoms with Crippen molar-refractivity contribution >= 4 is 57.3 Å². The Morgan fingerprint density at radius 1 is 0.963 bits per heavy atom. The summed E-state index contributed by atoms with van der Waals surface area (Å²) in [5, 5.41) is 15.1. The van der Waals surface area contributed by atoms with Crippen molar-refractivity contribution in [2.24, 2.45) is 0 Å². The first-order valence-corrected chi connectivity index (χ1v) is 9.32. The highest BCUT2D eigenvalue weighted by atomic mass is 35.5. The van der Waals surface area contributed by atoms with Crippen molar-refractivity contribution in [2.45, 2.75) is 38.9 Å². The topological polar surface area (TPSA) is 42.6 Å². The van der Waals surface area contributed by atoms with Crippen molar-refractivity contribution in [3.63, 3.8) is 0 Å². The van der Waals surface area contributed by atoms with Crippen LogP contribution in [0.1, 0.15) is 27.7 Å². The standard InChI is InChI=1S/C22H21BClO3/c1-21(2,25)22(3,4)27-23-17-11-16-15-10-9-13-7-5-6-8-14(13)20(15)26-19(16)12-18(17)24/h5-12,25H,1-4H3. The van der Waals surface area contributed by atoms with Gasteiger partial charge in [-0.15, -0.1) is 0 Å². The normalized spacial score (nSPS) is 13.0. The number of rotatable bonds is 4. The van der Waals surface area contributed by atoms with Gasteiger partial charge in [-0.2, -0.15) is 0 Å². The van der Waals surface area contributed by atoms with Gasteiger partial charge in [-0.25, -0.2) is 0 Å². The van der Waals surface area contributed by atoms with Crippen LogP contribution in [0.15, 0.2) is 52.9 Å². The molecule has 0 aliphatic rings. The molecule has 5 heteroatoms. The second-order valence-corrected chi connectivity index (χ2v) is 8.35. The van der Waals surface area contributed by atoms with Crippen LogP contribution in [-0.2, 0) is 4.65 Å². The van der Waals surface area contributed by atoms with E-state index in [0.29, 0.717) is 5.02 Å². The van der Waals surface area contributed by atoms with E-state index in [1.165, 1.54) is 0 Å².